The predicted molar refractivity (Wildman–Crippen MR) is 213 cm³/mol. The van der Waals surface area contributed by atoms with Crippen LogP contribution < -0.4 is 5.73 Å². The van der Waals surface area contributed by atoms with Gasteiger partial charge in [-0.1, -0.05) is 97.6 Å². The smallest absolute Gasteiger partial charge is 0.137 e. The summed E-state index contributed by atoms with van der Waals surface area (Å²) in [7, 11) is 0. The number of para-hydroxylation sites is 1. The molecule has 0 amide bonds. The molecule has 52 heavy (non-hydrogen) atoms. The van der Waals surface area contributed by atoms with Gasteiger partial charge in [0.1, 0.15) is 5.82 Å². The Morgan fingerprint density at radius 1 is 0.615 bits per heavy atom. The highest BCUT2D eigenvalue weighted by atomic mass is 15.1. The van der Waals surface area contributed by atoms with Crippen molar-refractivity contribution in [1.29, 1.82) is 0 Å². The van der Waals surface area contributed by atoms with Crippen LogP contribution in [-0.2, 0) is 0 Å². The molecule has 0 radical (unpaired) electrons. The molecule has 7 nitrogen and oxygen atoms in total. The minimum atomic E-state index is 0.705. The van der Waals surface area contributed by atoms with Crippen LogP contribution in [0.2, 0.25) is 0 Å². The molecular weight excluding hydrogens is 639 g/mol. The summed E-state index contributed by atoms with van der Waals surface area (Å²) in [5.74, 6) is 0.805. The molecule has 246 valence electrons. The van der Waals surface area contributed by atoms with Crippen LogP contribution in [0.1, 0.15) is 5.69 Å². The van der Waals surface area contributed by atoms with Crippen molar-refractivity contribution in [2.45, 2.75) is 0 Å². The van der Waals surface area contributed by atoms with Crippen molar-refractivity contribution < 1.29 is 0 Å². The number of nitrogens with zero attached hydrogens (tertiary/aromatic N) is 6. The largest absolute Gasteiger partial charge is 0.404 e. The summed E-state index contributed by atoms with van der Waals surface area (Å²) in [5, 5.41) is 4.26. The molecule has 0 bridgehead atoms. The van der Waals surface area contributed by atoms with Crippen molar-refractivity contribution in [3.63, 3.8) is 0 Å². The Morgan fingerprint density at radius 3 is 2.06 bits per heavy atom. The lowest BCUT2D eigenvalue weighted by molar-refractivity contribution is 1.08. The number of hydrogen-bond donors (Lipinski definition) is 1. The quantitative estimate of drug-likeness (QED) is 0.134. The van der Waals surface area contributed by atoms with Gasteiger partial charge in [-0.2, -0.15) is 0 Å². The van der Waals surface area contributed by atoms with Gasteiger partial charge in [0.05, 0.1) is 44.8 Å². The number of rotatable bonds is 7. The summed E-state index contributed by atoms with van der Waals surface area (Å²) >= 11 is 0. The van der Waals surface area contributed by atoms with Gasteiger partial charge >= 0.3 is 0 Å². The highest BCUT2D eigenvalue weighted by Gasteiger charge is 2.16. The van der Waals surface area contributed by atoms with Gasteiger partial charge in [-0.25, -0.2) is 19.9 Å². The molecule has 7 heteroatoms. The van der Waals surface area contributed by atoms with Gasteiger partial charge in [-0.05, 0) is 48.5 Å². The minimum absolute atomic E-state index is 0.705. The number of hydrogen-bond acceptors (Lipinski definition) is 6. The minimum Gasteiger partial charge on any atom is -0.404 e. The van der Waals surface area contributed by atoms with Crippen molar-refractivity contribution in [3.05, 3.63) is 177 Å². The zero-order valence-corrected chi connectivity index (χ0v) is 28.1. The van der Waals surface area contributed by atoms with E-state index in [9.17, 15) is 0 Å². The predicted octanol–water partition coefficient (Wildman–Crippen LogP) is 10.1. The molecule has 0 aliphatic rings. The molecule has 0 saturated carbocycles. The van der Waals surface area contributed by atoms with E-state index < -0.39 is 0 Å². The second-order valence-corrected chi connectivity index (χ2v) is 12.5. The molecule has 6 aromatic heterocycles. The maximum Gasteiger partial charge on any atom is 0.137 e. The van der Waals surface area contributed by atoms with Gasteiger partial charge in [-0.3, -0.25) is 9.55 Å². The summed E-state index contributed by atoms with van der Waals surface area (Å²) in [4.78, 5) is 24.8. The van der Waals surface area contributed by atoms with Crippen LogP contribution in [0.3, 0.4) is 0 Å². The molecule has 0 fully saturated rings. The third-order valence-corrected chi connectivity index (χ3v) is 9.34. The number of fused-ring (bicyclic) bond motifs is 6. The van der Waals surface area contributed by atoms with Crippen molar-refractivity contribution in [1.82, 2.24) is 29.5 Å². The lowest BCUT2D eigenvalue weighted by Crippen LogP contribution is -1.99. The van der Waals surface area contributed by atoms with E-state index in [1.54, 1.807) is 12.3 Å². The Labute approximate surface area is 299 Å². The van der Waals surface area contributed by atoms with Crippen molar-refractivity contribution in [2.24, 2.45) is 5.73 Å². The number of aromatic nitrogens is 6. The SMILES string of the molecule is C=C/C=C\C(=C/N)c1cc(-c2ccc3ccc4ccc(-c5ccccc5)nc4c3n2)cc(-c2ccc(-n3c4ccccc4c4cnccc43)nc2)n1. The monoisotopic (exact) mass is 669 g/mol. The fourth-order valence-electron chi connectivity index (χ4n) is 6.80. The Balaban J connectivity index is 1.18. The first-order valence-electron chi connectivity index (χ1n) is 17.0. The summed E-state index contributed by atoms with van der Waals surface area (Å²) < 4.78 is 2.17. The van der Waals surface area contributed by atoms with Gasteiger partial charge in [-0.15, -0.1) is 0 Å². The van der Waals surface area contributed by atoms with E-state index in [1.807, 2.05) is 85.3 Å². The number of nitrogens with two attached hydrogens (primary N) is 1. The third kappa shape index (κ3) is 5.37. The molecule has 6 heterocycles. The van der Waals surface area contributed by atoms with Crippen LogP contribution in [0.15, 0.2) is 171 Å². The molecule has 0 spiro atoms. The highest BCUT2D eigenvalue weighted by molar-refractivity contribution is 6.08. The molecule has 3 aromatic carbocycles. The molecule has 0 atom stereocenters. The Hall–Kier alpha value is -7.25. The zero-order valence-electron chi connectivity index (χ0n) is 28.1. The standard InChI is InChI=1S/C45H31N7/c1-2-3-9-32(26-46)39-24-34(38-20-17-31-15-14-30-16-19-37(29-10-5-4-6-11-29)50-44(30)45(31)51-38)25-40(49-39)33-18-21-43(48-27-33)52-41-13-8-7-12-35(41)36-28-47-23-22-42(36)52/h2-28H,1,46H2/b9-3-,32-26+. The number of benzene rings is 3. The summed E-state index contributed by atoms with van der Waals surface area (Å²) in [6.45, 7) is 3.83. The summed E-state index contributed by atoms with van der Waals surface area (Å²) in [6.07, 6.45) is 12.6. The van der Waals surface area contributed by atoms with E-state index in [4.69, 9.17) is 25.7 Å². The number of pyridine rings is 5. The van der Waals surface area contributed by atoms with Crippen LogP contribution in [0.4, 0.5) is 0 Å². The van der Waals surface area contributed by atoms with Crippen LogP contribution in [0.5, 0.6) is 0 Å². The molecule has 2 N–H and O–H groups in total. The summed E-state index contributed by atoms with van der Waals surface area (Å²) in [5.41, 5.74) is 16.7. The lowest BCUT2D eigenvalue weighted by atomic mass is 10.0. The van der Waals surface area contributed by atoms with Gasteiger partial charge in [0.25, 0.3) is 0 Å². The van der Waals surface area contributed by atoms with E-state index in [-0.39, 0.29) is 0 Å². The first-order valence-corrected chi connectivity index (χ1v) is 17.0. The van der Waals surface area contributed by atoms with E-state index in [0.717, 1.165) is 88.8 Å². The fraction of sp³-hybridized carbons (Fsp3) is 0. The maximum absolute atomic E-state index is 6.16. The van der Waals surface area contributed by atoms with Gasteiger partial charge in [0.15, 0.2) is 0 Å². The molecule has 0 aliphatic carbocycles. The zero-order chi connectivity index (χ0) is 35.0. The van der Waals surface area contributed by atoms with E-state index >= 15 is 0 Å². The van der Waals surface area contributed by atoms with E-state index in [1.165, 1.54) is 0 Å². The Morgan fingerprint density at radius 2 is 1.33 bits per heavy atom. The molecule has 0 saturated heterocycles. The molecule has 0 aliphatic heterocycles. The maximum atomic E-state index is 6.16. The molecule has 9 aromatic rings. The first kappa shape index (κ1) is 30.8. The Kier molecular flexibility index (Phi) is 7.63. The number of allylic oxidation sites excluding steroid dienone is 4. The van der Waals surface area contributed by atoms with Crippen LogP contribution >= 0.6 is 0 Å². The van der Waals surface area contributed by atoms with Crippen LogP contribution in [0, 0.1) is 0 Å². The topological polar surface area (TPSA) is 95.4 Å². The van der Waals surface area contributed by atoms with Crippen molar-refractivity contribution >= 4 is 49.2 Å². The van der Waals surface area contributed by atoms with Crippen LogP contribution in [0.25, 0.3) is 88.8 Å². The molecule has 9 rings (SSSR count). The third-order valence-electron chi connectivity index (χ3n) is 9.34. The molecule has 0 unspecified atom stereocenters. The van der Waals surface area contributed by atoms with Gasteiger partial charge in [0.2, 0.25) is 0 Å². The lowest BCUT2D eigenvalue weighted by Gasteiger charge is -2.12. The van der Waals surface area contributed by atoms with Crippen molar-refractivity contribution in [2.75, 3.05) is 0 Å². The fourth-order valence-corrected chi connectivity index (χ4v) is 6.80. The van der Waals surface area contributed by atoms with Gasteiger partial charge in [0, 0.05) is 68.6 Å². The average molecular weight is 670 g/mol. The van der Waals surface area contributed by atoms with Crippen molar-refractivity contribution in [3.8, 4) is 39.6 Å². The van der Waals surface area contributed by atoms with E-state index in [0.29, 0.717) is 5.69 Å². The normalized spacial score (nSPS) is 12.0. The second-order valence-electron chi connectivity index (χ2n) is 12.5. The first-order chi connectivity index (χ1) is 25.7. The highest BCUT2D eigenvalue weighted by Crippen LogP contribution is 2.34. The Bertz CT molecular complexity index is 2820. The van der Waals surface area contributed by atoms with Crippen LogP contribution in [-0.4, -0.2) is 29.5 Å². The van der Waals surface area contributed by atoms with Gasteiger partial charge < -0.3 is 5.73 Å². The molecular formula is C45H31N7. The van der Waals surface area contributed by atoms with E-state index in [2.05, 4.69) is 82.9 Å². The summed E-state index contributed by atoms with van der Waals surface area (Å²) in [6, 6.07) is 41.2. The second kappa shape index (κ2) is 12.9. The average Bonchev–Trinajstić information content (AvgIpc) is 3.55.